The van der Waals surface area contributed by atoms with Crippen LogP contribution in [0.5, 0.6) is 5.75 Å². The van der Waals surface area contributed by atoms with E-state index in [1.54, 1.807) is 0 Å². The molecule has 0 spiro atoms. The number of anilines is 3. The predicted octanol–water partition coefficient (Wildman–Crippen LogP) is 0.484. The van der Waals surface area contributed by atoms with Gasteiger partial charge in [0.1, 0.15) is 23.2 Å². The third kappa shape index (κ3) is 2.67. The summed E-state index contributed by atoms with van der Waals surface area (Å²) in [6.45, 7) is 6.20. The maximum absolute atomic E-state index is 6.23. The van der Waals surface area contributed by atoms with Gasteiger partial charge in [0.05, 0.1) is 5.69 Å². The zero-order valence-corrected chi connectivity index (χ0v) is 12.7. The standard InChI is InChI=1S/C15H24N6O/c1-2-13(22-11-3-5-16-6-4-11)15-14(18-20-19-15)12(1)21-9-7-17-8-10-21/h1-2,11,16-20H,3-10H2. The Balaban J connectivity index is 1.57. The van der Waals surface area contributed by atoms with Crippen molar-refractivity contribution in [3.63, 3.8) is 0 Å². The zero-order chi connectivity index (χ0) is 14.8. The summed E-state index contributed by atoms with van der Waals surface area (Å²) in [5.41, 5.74) is 12.8. The number of piperidine rings is 1. The lowest BCUT2D eigenvalue weighted by Crippen LogP contribution is -2.43. The molecule has 0 radical (unpaired) electrons. The molecule has 1 aromatic carbocycles. The molecular formula is C15H24N6O. The Morgan fingerprint density at radius 2 is 1.64 bits per heavy atom. The molecular weight excluding hydrogens is 280 g/mol. The van der Waals surface area contributed by atoms with Gasteiger partial charge in [0, 0.05) is 26.2 Å². The van der Waals surface area contributed by atoms with Gasteiger partial charge in [0.2, 0.25) is 0 Å². The van der Waals surface area contributed by atoms with Crippen molar-refractivity contribution in [3.8, 4) is 5.75 Å². The van der Waals surface area contributed by atoms with Gasteiger partial charge in [-0.05, 0) is 38.1 Å². The number of rotatable bonds is 3. The molecule has 5 N–H and O–H groups in total. The minimum atomic E-state index is 0.304. The first-order valence-electron chi connectivity index (χ1n) is 8.19. The van der Waals surface area contributed by atoms with Crippen LogP contribution in [0.3, 0.4) is 0 Å². The molecule has 0 aromatic heterocycles. The Bertz CT molecular complexity index is 525. The van der Waals surface area contributed by atoms with Crippen LogP contribution in [0.4, 0.5) is 17.1 Å². The van der Waals surface area contributed by atoms with Crippen LogP contribution < -0.4 is 36.7 Å². The monoisotopic (exact) mass is 304 g/mol. The molecule has 2 fully saturated rings. The van der Waals surface area contributed by atoms with Crippen molar-refractivity contribution < 1.29 is 4.74 Å². The number of hydrazine groups is 2. The lowest BCUT2D eigenvalue weighted by molar-refractivity contribution is 0.163. The fourth-order valence-electron chi connectivity index (χ4n) is 3.34. The van der Waals surface area contributed by atoms with Crippen LogP contribution in [-0.2, 0) is 0 Å². The third-order valence-corrected chi connectivity index (χ3v) is 4.56. The summed E-state index contributed by atoms with van der Waals surface area (Å²) >= 11 is 0. The molecule has 22 heavy (non-hydrogen) atoms. The average molecular weight is 304 g/mol. The SMILES string of the molecule is c1cc(N2CCNCC2)c2c(c1OC1CCNCC1)NNN2. The highest BCUT2D eigenvalue weighted by Crippen LogP contribution is 2.42. The van der Waals surface area contributed by atoms with Crippen LogP contribution in [-0.4, -0.2) is 45.4 Å². The molecule has 3 aliphatic rings. The van der Waals surface area contributed by atoms with E-state index in [1.807, 2.05) is 0 Å². The number of ether oxygens (including phenoxy) is 1. The fraction of sp³-hybridized carbons (Fsp3) is 0.600. The van der Waals surface area contributed by atoms with E-state index < -0.39 is 0 Å². The number of hydrogen-bond acceptors (Lipinski definition) is 7. The van der Waals surface area contributed by atoms with Crippen molar-refractivity contribution >= 4 is 17.1 Å². The van der Waals surface area contributed by atoms with Crippen LogP contribution in [0.15, 0.2) is 12.1 Å². The van der Waals surface area contributed by atoms with Gasteiger partial charge in [-0.3, -0.25) is 10.9 Å². The molecule has 120 valence electrons. The first-order valence-corrected chi connectivity index (χ1v) is 8.19. The van der Waals surface area contributed by atoms with Crippen LogP contribution >= 0.6 is 0 Å². The lowest BCUT2D eigenvalue weighted by atomic mass is 10.1. The Kier molecular flexibility index (Phi) is 3.92. The van der Waals surface area contributed by atoms with E-state index in [0.717, 1.165) is 69.2 Å². The largest absolute Gasteiger partial charge is 0.488 e. The van der Waals surface area contributed by atoms with E-state index >= 15 is 0 Å². The van der Waals surface area contributed by atoms with Crippen molar-refractivity contribution in [3.05, 3.63) is 12.1 Å². The van der Waals surface area contributed by atoms with Gasteiger partial charge in [-0.15, -0.1) is 5.53 Å². The maximum atomic E-state index is 6.23. The highest BCUT2D eigenvalue weighted by Gasteiger charge is 2.25. The molecule has 7 heteroatoms. The number of nitrogens with zero attached hydrogens (tertiary/aromatic N) is 1. The summed E-state index contributed by atoms with van der Waals surface area (Å²) in [7, 11) is 0. The van der Waals surface area contributed by atoms with E-state index in [-0.39, 0.29) is 0 Å². The quantitative estimate of drug-likeness (QED) is 0.556. The van der Waals surface area contributed by atoms with Gasteiger partial charge in [-0.25, -0.2) is 0 Å². The predicted molar refractivity (Wildman–Crippen MR) is 88.4 cm³/mol. The lowest BCUT2D eigenvalue weighted by Gasteiger charge is -2.31. The Morgan fingerprint density at radius 3 is 2.45 bits per heavy atom. The molecule has 0 atom stereocenters. The van der Waals surface area contributed by atoms with Crippen LogP contribution in [0.2, 0.25) is 0 Å². The van der Waals surface area contributed by atoms with Crippen molar-refractivity contribution in [1.29, 1.82) is 0 Å². The Morgan fingerprint density at radius 1 is 0.909 bits per heavy atom. The number of hydrogen-bond donors (Lipinski definition) is 5. The van der Waals surface area contributed by atoms with Crippen molar-refractivity contribution in [2.24, 2.45) is 0 Å². The first-order chi connectivity index (χ1) is 10.9. The van der Waals surface area contributed by atoms with E-state index in [4.69, 9.17) is 4.74 Å². The molecule has 0 aliphatic carbocycles. The maximum Gasteiger partial charge on any atom is 0.146 e. The summed E-state index contributed by atoms with van der Waals surface area (Å²) in [5.74, 6) is 0.929. The summed E-state index contributed by atoms with van der Waals surface area (Å²) in [6.07, 6.45) is 2.43. The van der Waals surface area contributed by atoms with E-state index in [9.17, 15) is 0 Å². The number of nitrogens with one attached hydrogen (secondary N) is 5. The van der Waals surface area contributed by atoms with Crippen molar-refractivity contribution in [2.75, 3.05) is 55.0 Å². The smallest absolute Gasteiger partial charge is 0.146 e. The van der Waals surface area contributed by atoms with Gasteiger partial charge in [-0.1, -0.05) is 0 Å². The number of fused-ring (bicyclic) bond motifs is 1. The second-order valence-electron chi connectivity index (χ2n) is 6.01. The molecule has 3 aliphatic heterocycles. The van der Waals surface area contributed by atoms with E-state index in [0.29, 0.717) is 6.10 Å². The van der Waals surface area contributed by atoms with Gasteiger partial charge in [-0.2, -0.15) is 0 Å². The molecule has 1 aromatic rings. The van der Waals surface area contributed by atoms with Gasteiger partial charge in [0.15, 0.2) is 0 Å². The van der Waals surface area contributed by atoms with Crippen molar-refractivity contribution in [2.45, 2.75) is 18.9 Å². The van der Waals surface area contributed by atoms with Crippen molar-refractivity contribution in [1.82, 2.24) is 16.2 Å². The molecule has 0 saturated carbocycles. The first kappa shape index (κ1) is 13.9. The summed E-state index contributed by atoms with van der Waals surface area (Å²) in [4.78, 5) is 2.41. The van der Waals surface area contributed by atoms with Crippen LogP contribution in [0, 0.1) is 0 Å². The summed E-state index contributed by atoms with van der Waals surface area (Å²) in [5, 5.41) is 6.77. The minimum absolute atomic E-state index is 0.304. The van der Waals surface area contributed by atoms with Gasteiger partial charge in [0.25, 0.3) is 0 Å². The summed E-state index contributed by atoms with van der Waals surface area (Å²) in [6, 6.07) is 4.27. The van der Waals surface area contributed by atoms with Crippen LogP contribution in [0.25, 0.3) is 0 Å². The second-order valence-corrected chi connectivity index (χ2v) is 6.01. The number of benzene rings is 1. The highest BCUT2D eigenvalue weighted by atomic mass is 16.5. The molecule has 0 amide bonds. The summed E-state index contributed by atoms with van der Waals surface area (Å²) < 4.78 is 6.23. The topological polar surface area (TPSA) is 72.6 Å². The molecule has 7 nitrogen and oxygen atoms in total. The molecule has 3 heterocycles. The fourth-order valence-corrected chi connectivity index (χ4v) is 3.34. The Hall–Kier alpha value is -1.70. The second kappa shape index (κ2) is 6.20. The molecule has 0 bridgehead atoms. The third-order valence-electron chi connectivity index (χ3n) is 4.56. The number of piperazine rings is 1. The molecule has 4 rings (SSSR count). The molecule has 2 saturated heterocycles. The average Bonchev–Trinajstić information content (AvgIpc) is 3.07. The van der Waals surface area contributed by atoms with E-state index in [2.05, 4.69) is 44.1 Å². The Labute approximate surface area is 130 Å². The van der Waals surface area contributed by atoms with E-state index in [1.165, 1.54) is 5.69 Å². The highest BCUT2D eigenvalue weighted by molar-refractivity contribution is 5.89. The van der Waals surface area contributed by atoms with Gasteiger partial charge < -0.3 is 20.3 Å². The minimum Gasteiger partial charge on any atom is -0.488 e. The van der Waals surface area contributed by atoms with Crippen LogP contribution in [0.1, 0.15) is 12.8 Å². The molecule has 0 unspecified atom stereocenters. The normalized spacial score (nSPS) is 21.9. The van der Waals surface area contributed by atoms with Gasteiger partial charge >= 0.3 is 0 Å². The zero-order valence-electron chi connectivity index (χ0n) is 12.7.